The molecular formula is C16H29N5. The van der Waals surface area contributed by atoms with E-state index in [2.05, 4.69) is 39.3 Å². The Balaban J connectivity index is 1.87. The van der Waals surface area contributed by atoms with Crippen molar-refractivity contribution in [3.63, 3.8) is 0 Å². The molecule has 0 spiro atoms. The lowest BCUT2D eigenvalue weighted by Crippen LogP contribution is -2.33. The van der Waals surface area contributed by atoms with Crippen LogP contribution in [-0.4, -0.2) is 47.6 Å². The Kier molecular flexibility index (Phi) is 6.73. The Hall–Kier alpha value is -1.36. The fourth-order valence-corrected chi connectivity index (χ4v) is 2.72. The van der Waals surface area contributed by atoms with Gasteiger partial charge in [-0.15, -0.1) is 0 Å². The first-order valence-electron chi connectivity index (χ1n) is 8.40. The van der Waals surface area contributed by atoms with E-state index < -0.39 is 0 Å². The van der Waals surface area contributed by atoms with E-state index in [1.54, 1.807) is 0 Å². The molecule has 1 aliphatic rings. The normalized spacial score (nSPS) is 15.9. The molecule has 2 heterocycles. The van der Waals surface area contributed by atoms with E-state index in [1.807, 2.05) is 6.07 Å². The van der Waals surface area contributed by atoms with Gasteiger partial charge in [0.1, 0.15) is 17.5 Å². The van der Waals surface area contributed by atoms with Crippen LogP contribution in [0.1, 0.15) is 45.4 Å². The second-order valence-electron chi connectivity index (χ2n) is 5.66. The van der Waals surface area contributed by atoms with Crippen molar-refractivity contribution in [2.45, 2.75) is 46.0 Å². The summed E-state index contributed by atoms with van der Waals surface area (Å²) in [7, 11) is 0. The summed E-state index contributed by atoms with van der Waals surface area (Å²) in [6.45, 7) is 9.68. The summed E-state index contributed by atoms with van der Waals surface area (Å²) in [5.74, 6) is 2.80. The molecular weight excluding hydrogens is 262 g/mol. The standard InChI is InChI=1S/C16H29N5/c1-3-8-14-19-15(17-4-2)13-16(20-14)18-9-12-21-10-6-5-7-11-21/h13H,3-12H2,1-2H3,(H2,17,18,19,20). The van der Waals surface area contributed by atoms with Crippen LogP contribution in [0.3, 0.4) is 0 Å². The molecule has 1 fully saturated rings. The maximum absolute atomic E-state index is 4.61. The molecule has 2 rings (SSSR count). The zero-order valence-electron chi connectivity index (χ0n) is 13.5. The molecule has 0 atom stereocenters. The van der Waals surface area contributed by atoms with Gasteiger partial charge in [-0.05, 0) is 39.3 Å². The van der Waals surface area contributed by atoms with E-state index in [0.29, 0.717) is 0 Å². The van der Waals surface area contributed by atoms with E-state index in [1.165, 1.54) is 32.4 Å². The summed E-state index contributed by atoms with van der Waals surface area (Å²) < 4.78 is 0. The van der Waals surface area contributed by atoms with Crippen LogP contribution in [0, 0.1) is 0 Å². The fourth-order valence-electron chi connectivity index (χ4n) is 2.72. The SMILES string of the molecule is CCCc1nc(NCC)cc(NCCN2CCCCC2)n1. The highest BCUT2D eigenvalue weighted by Crippen LogP contribution is 2.13. The van der Waals surface area contributed by atoms with Gasteiger partial charge in [0.15, 0.2) is 0 Å². The zero-order valence-corrected chi connectivity index (χ0v) is 13.5. The van der Waals surface area contributed by atoms with Crippen LogP contribution in [0.2, 0.25) is 0 Å². The predicted molar refractivity (Wildman–Crippen MR) is 89.0 cm³/mol. The molecule has 0 amide bonds. The van der Waals surface area contributed by atoms with Gasteiger partial charge in [-0.1, -0.05) is 13.3 Å². The number of nitrogens with one attached hydrogen (secondary N) is 2. The van der Waals surface area contributed by atoms with Crippen molar-refractivity contribution in [2.75, 3.05) is 43.4 Å². The van der Waals surface area contributed by atoms with Crippen molar-refractivity contribution in [1.82, 2.24) is 14.9 Å². The molecule has 0 saturated carbocycles. The third-order valence-electron chi connectivity index (χ3n) is 3.79. The number of hydrogen-bond donors (Lipinski definition) is 2. The van der Waals surface area contributed by atoms with E-state index >= 15 is 0 Å². The summed E-state index contributed by atoms with van der Waals surface area (Å²) in [4.78, 5) is 11.7. The number of likely N-dealkylation sites (tertiary alicyclic amines) is 1. The fraction of sp³-hybridized carbons (Fsp3) is 0.750. The molecule has 1 aromatic rings. The van der Waals surface area contributed by atoms with Gasteiger partial charge in [0.25, 0.3) is 0 Å². The first-order chi connectivity index (χ1) is 10.3. The van der Waals surface area contributed by atoms with Crippen LogP contribution >= 0.6 is 0 Å². The summed E-state index contributed by atoms with van der Waals surface area (Å²) in [6.07, 6.45) is 6.09. The van der Waals surface area contributed by atoms with Crippen molar-refractivity contribution in [3.8, 4) is 0 Å². The van der Waals surface area contributed by atoms with Crippen LogP contribution in [0.15, 0.2) is 6.07 Å². The summed E-state index contributed by atoms with van der Waals surface area (Å²) >= 11 is 0. The van der Waals surface area contributed by atoms with E-state index in [-0.39, 0.29) is 0 Å². The third kappa shape index (κ3) is 5.50. The van der Waals surface area contributed by atoms with Gasteiger partial charge >= 0.3 is 0 Å². The van der Waals surface area contributed by atoms with Gasteiger partial charge in [-0.3, -0.25) is 0 Å². The summed E-state index contributed by atoms with van der Waals surface area (Å²) in [5, 5.41) is 6.74. The van der Waals surface area contributed by atoms with Crippen molar-refractivity contribution in [3.05, 3.63) is 11.9 Å². The summed E-state index contributed by atoms with van der Waals surface area (Å²) in [6, 6.07) is 2.01. The van der Waals surface area contributed by atoms with Crippen LogP contribution < -0.4 is 10.6 Å². The molecule has 5 nitrogen and oxygen atoms in total. The largest absolute Gasteiger partial charge is 0.370 e. The summed E-state index contributed by atoms with van der Waals surface area (Å²) in [5.41, 5.74) is 0. The minimum atomic E-state index is 0.885. The smallest absolute Gasteiger partial charge is 0.133 e. The Morgan fingerprint density at radius 2 is 1.76 bits per heavy atom. The highest BCUT2D eigenvalue weighted by molar-refractivity contribution is 5.47. The molecule has 0 unspecified atom stereocenters. The number of aryl methyl sites for hydroxylation is 1. The maximum atomic E-state index is 4.61. The molecule has 2 N–H and O–H groups in total. The number of aromatic nitrogens is 2. The molecule has 1 aromatic heterocycles. The molecule has 1 saturated heterocycles. The molecule has 0 aromatic carbocycles. The van der Waals surface area contributed by atoms with E-state index in [9.17, 15) is 0 Å². The van der Waals surface area contributed by atoms with Crippen molar-refractivity contribution in [2.24, 2.45) is 0 Å². The number of piperidine rings is 1. The quantitative estimate of drug-likeness (QED) is 0.771. The Bertz CT molecular complexity index is 391. The first kappa shape index (κ1) is 16.0. The number of nitrogens with zero attached hydrogens (tertiary/aromatic N) is 3. The average Bonchev–Trinajstić information content (AvgIpc) is 2.49. The number of rotatable bonds is 8. The van der Waals surface area contributed by atoms with E-state index in [4.69, 9.17) is 0 Å². The van der Waals surface area contributed by atoms with Crippen molar-refractivity contribution in [1.29, 1.82) is 0 Å². The second kappa shape index (κ2) is 8.82. The van der Waals surface area contributed by atoms with Gasteiger partial charge in [0, 0.05) is 32.1 Å². The Labute approximate surface area is 128 Å². The van der Waals surface area contributed by atoms with Gasteiger partial charge in [0.2, 0.25) is 0 Å². The average molecular weight is 291 g/mol. The molecule has 0 bridgehead atoms. The van der Waals surface area contributed by atoms with Crippen LogP contribution in [0.25, 0.3) is 0 Å². The monoisotopic (exact) mass is 291 g/mol. The molecule has 0 radical (unpaired) electrons. The minimum absolute atomic E-state index is 0.885. The lowest BCUT2D eigenvalue weighted by atomic mass is 10.1. The second-order valence-corrected chi connectivity index (χ2v) is 5.66. The van der Waals surface area contributed by atoms with E-state index in [0.717, 1.165) is 49.9 Å². The zero-order chi connectivity index (χ0) is 14.9. The van der Waals surface area contributed by atoms with Gasteiger partial charge in [-0.2, -0.15) is 0 Å². The topological polar surface area (TPSA) is 53.1 Å². The maximum Gasteiger partial charge on any atom is 0.133 e. The lowest BCUT2D eigenvalue weighted by Gasteiger charge is -2.26. The first-order valence-corrected chi connectivity index (χ1v) is 8.40. The highest BCUT2D eigenvalue weighted by Gasteiger charge is 2.09. The predicted octanol–water partition coefficient (Wildman–Crippen LogP) is 2.76. The lowest BCUT2D eigenvalue weighted by molar-refractivity contribution is 0.237. The van der Waals surface area contributed by atoms with Crippen molar-refractivity contribution < 1.29 is 0 Å². The Morgan fingerprint density at radius 1 is 1.05 bits per heavy atom. The van der Waals surface area contributed by atoms with Crippen LogP contribution in [-0.2, 0) is 6.42 Å². The van der Waals surface area contributed by atoms with Crippen LogP contribution in [0.4, 0.5) is 11.6 Å². The third-order valence-corrected chi connectivity index (χ3v) is 3.79. The molecule has 1 aliphatic heterocycles. The molecule has 21 heavy (non-hydrogen) atoms. The number of anilines is 2. The van der Waals surface area contributed by atoms with Crippen LogP contribution in [0.5, 0.6) is 0 Å². The molecule has 5 heteroatoms. The Morgan fingerprint density at radius 3 is 2.43 bits per heavy atom. The van der Waals surface area contributed by atoms with Crippen molar-refractivity contribution >= 4 is 11.6 Å². The molecule has 118 valence electrons. The van der Waals surface area contributed by atoms with Gasteiger partial charge in [0.05, 0.1) is 0 Å². The molecule has 0 aliphatic carbocycles. The highest BCUT2D eigenvalue weighted by atomic mass is 15.2. The van der Waals surface area contributed by atoms with Gasteiger partial charge < -0.3 is 15.5 Å². The number of hydrogen-bond acceptors (Lipinski definition) is 5. The minimum Gasteiger partial charge on any atom is -0.370 e. The van der Waals surface area contributed by atoms with Gasteiger partial charge in [-0.25, -0.2) is 9.97 Å².